The van der Waals surface area contributed by atoms with Crippen LogP contribution in [-0.2, 0) is 9.59 Å². The summed E-state index contributed by atoms with van der Waals surface area (Å²) in [6.45, 7) is 3.86. The van der Waals surface area contributed by atoms with Gasteiger partial charge in [-0.25, -0.2) is 9.29 Å². The van der Waals surface area contributed by atoms with Crippen LogP contribution < -0.4 is 10.2 Å². The number of imide groups is 1. The summed E-state index contributed by atoms with van der Waals surface area (Å²) >= 11 is 3.41. The molecule has 6 heteroatoms. The van der Waals surface area contributed by atoms with Crippen LogP contribution in [0.4, 0.5) is 15.8 Å². The summed E-state index contributed by atoms with van der Waals surface area (Å²) in [7, 11) is 0. The highest BCUT2D eigenvalue weighted by Gasteiger charge is 2.40. The van der Waals surface area contributed by atoms with Crippen LogP contribution in [-0.4, -0.2) is 11.8 Å². The van der Waals surface area contributed by atoms with Crippen LogP contribution in [0.3, 0.4) is 0 Å². The minimum absolute atomic E-state index is 0.161. The number of halogens is 2. The average molecular weight is 465 g/mol. The van der Waals surface area contributed by atoms with Gasteiger partial charge in [-0.3, -0.25) is 9.59 Å². The largest absolute Gasteiger partial charge is 0.350 e. The molecular formula is C24H18BrFN2O2. The summed E-state index contributed by atoms with van der Waals surface area (Å²) in [6.07, 6.45) is 0. The minimum Gasteiger partial charge on any atom is -0.350 e. The Kier molecular flexibility index (Phi) is 5.26. The van der Waals surface area contributed by atoms with Crippen molar-refractivity contribution in [1.82, 2.24) is 0 Å². The lowest BCUT2D eigenvalue weighted by Crippen LogP contribution is -2.32. The van der Waals surface area contributed by atoms with Crippen molar-refractivity contribution in [2.24, 2.45) is 0 Å². The van der Waals surface area contributed by atoms with Crippen LogP contribution in [0, 0.1) is 19.7 Å². The molecule has 0 aromatic heterocycles. The number of hydrogen-bond donors (Lipinski definition) is 1. The number of amides is 2. The Balaban J connectivity index is 1.87. The van der Waals surface area contributed by atoms with E-state index in [0.29, 0.717) is 11.3 Å². The van der Waals surface area contributed by atoms with Crippen molar-refractivity contribution >= 4 is 44.7 Å². The van der Waals surface area contributed by atoms with E-state index in [0.717, 1.165) is 20.5 Å². The highest BCUT2D eigenvalue weighted by atomic mass is 79.9. The Morgan fingerprint density at radius 2 is 1.67 bits per heavy atom. The van der Waals surface area contributed by atoms with Gasteiger partial charge in [0.1, 0.15) is 11.5 Å². The fraction of sp³-hybridized carbons (Fsp3) is 0.0833. The number of rotatable bonds is 4. The Bertz CT molecular complexity index is 1220. The molecule has 2 amide bonds. The smallest absolute Gasteiger partial charge is 0.282 e. The highest BCUT2D eigenvalue weighted by Crippen LogP contribution is 2.35. The molecule has 0 saturated carbocycles. The third-order valence-corrected chi connectivity index (χ3v) is 5.39. The first kappa shape index (κ1) is 20.0. The molecule has 1 aliphatic rings. The van der Waals surface area contributed by atoms with Crippen LogP contribution in [0.15, 0.2) is 76.9 Å². The maximum Gasteiger partial charge on any atom is 0.282 e. The van der Waals surface area contributed by atoms with E-state index in [1.165, 1.54) is 18.2 Å². The second kappa shape index (κ2) is 7.88. The molecule has 0 atom stereocenters. The molecule has 0 saturated heterocycles. The van der Waals surface area contributed by atoms with Gasteiger partial charge < -0.3 is 5.32 Å². The third kappa shape index (κ3) is 3.66. The molecule has 3 aromatic rings. The molecule has 0 aliphatic carbocycles. The maximum atomic E-state index is 13.8. The highest BCUT2D eigenvalue weighted by molar-refractivity contribution is 9.10. The first-order valence-corrected chi connectivity index (χ1v) is 10.1. The lowest BCUT2D eigenvalue weighted by molar-refractivity contribution is -0.120. The SMILES string of the molecule is Cc1ccc(C2=C(Nc3cccc(Br)c3)C(=O)N(c3cccc(F)c3)C2=O)c(C)c1. The quantitative estimate of drug-likeness (QED) is 0.511. The van der Waals surface area contributed by atoms with Crippen LogP contribution in [0.5, 0.6) is 0 Å². The lowest BCUT2D eigenvalue weighted by Gasteiger charge is -2.15. The van der Waals surface area contributed by atoms with Gasteiger partial charge in [-0.05, 0) is 61.4 Å². The van der Waals surface area contributed by atoms with Gasteiger partial charge in [-0.15, -0.1) is 0 Å². The number of nitrogens with zero attached hydrogens (tertiary/aromatic N) is 1. The molecule has 0 bridgehead atoms. The van der Waals surface area contributed by atoms with Crippen molar-refractivity contribution in [3.8, 4) is 0 Å². The van der Waals surface area contributed by atoms with Crippen LogP contribution in [0.1, 0.15) is 16.7 Å². The first-order chi connectivity index (χ1) is 14.3. The van der Waals surface area contributed by atoms with Crippen molar-refractivity contribution in [2.75, 3.05) is 10.2 Å². The van der Waals surface area contributed by atoms with Crippen molar-refractivity contribution in [2.45, 2.75) is 13.8 Å². The molecule has 0 spiro atoms. The predicted octanol–water partition coefficient (Wildman–Crippen LogP) is 5.60. The van der Waals surface area contributed by atoms with E-state index in [1.807, 2.05) is 50.2 Å². The van der Waals surface area contributed by atoms with Gasteiger partial charge in [0.25, 0.3) is 11.8 Å². The van der Waals surface area contributed by atoms with Gasteiger partial charge in [0.2, 0.25) is 0 Å². The van der Waals surface area contributed by atoms with Crippen molar-refractivity contribution < 1.29 is 14.0 Å². The Hall–Kier alpha value is -3.25. The molecule has 0 fully saturated rings. The monoisotopic (exact) mass is 464 g/mol. The lowest BCUT2D eigenvalue weighted by atomic mass is 9.97. The summed E-state index contributed by atoms with van der Waals surface area (Å²) < 4.78 is 14.6. The standard InChI is InChI=1S/C24H18BrFN2O2/c1-14-9-10-20(15(2)11-14)21-22(27-18-7-3-5-16(25)12-18)24(30)28(23(21)29)19-8-4-6-17(26)13-19/h3-13,27H,1-2H3. The van der Waals surface area contributed by atoms with Gasteiger partial charge in [-0.2, -0.15) is 0 Å². The van der Waals surface area contributed by atoms with E-state index in [-0.39, 0.29) is 17.0 Å². The Morgan fingerprint density at radius 1 is 0.900 bits per heavy atom. The average Bonchev–Trinajstić information content (AvgIpc) is 2.92. The van der Waals surface area contributed by atoms with E-state index in [2.05, 4.69) is 21.2 Å². The predicted molar refractivity (Wildman–Crippen MR) is 119 cm³/mol. The van der Waals surface area contributed by atoms with Crippen molar-refractivity contribution in [3.05, 3.63) is 99.4 Å². The van der Waals surface area contributed by atoms with Gasteiger partial charge in [0.05, 0.1) is 11.3 Å². The number of nitrogens with one attached hydrogen (secondary N) is 1. The fourth-order valence-electron chi connectivity index (χ4n) is 3.55. The summed E-state index contributed by atoms with van der Waals surface area (Å²) in [6, 6.07) is 18.5. The third-order valence-electron chi connectivity index (χ3n) is 4.90. The van der Waals surface area contributed by atoms with Gasteiger partial charge >= 0.3 is 0 Å². The number of anilines is 2. The topological polar surface area (TPSA) is 49.4 Å². The molecule has 0 radical (unpaired) electrons. The van der Waals surface area contributed by atoms with E-state index in [1.54, 1.807) is 12.1 Å². The number of aryl methyl sites for hydroxylation is 2. The molecule has 1 aliphatic heterocycles. The summed E-state index contributed by atoms with van der Waals surface area (Å²) in [4.78, 5) is 27.7. The molecule has 0 unspecified atom stereocenters. The second-order valence-corrected chi connectivity index (χ2v) is 8.04. The van der Waals surface area contributed by atoms with Crippen LogP contribution >= 0.6 is 15.9 Å². The minimum atomic E-state index is -0.527. The van der Waals surface area contributed by atoms with Crippen molar-refractivity contribution in [3.63, 3.8) is 0 Å². The van der Waals surface area contributed by atoms with Gasteiger partial charge in [0, 0.05) is 10.2 Å². The number of hydrogen-bond acceptors (Lipinski definition) is 3. The molecule has 150 valence electrons. The zero-order valence-corrected chi connectivity index (χ0v) is 18.0. The summed E-state index contributed by atoms with van der Waals surface area (Å²) in [5.41, 5.74) is 3.87. The molecule has 4 rings (SSSR count). The van der Waals surface area contributed by atoms with E-state index >= 15 is 0 Å². The zero-order chi connectivity index (χ0) is 21.4. The van der Waals surface area contributed by atoms with Crippen LogP contribution in [0.2, 0.25) is 0 Å². The number of carbonyl (C=O) groups is 2. The van der Waals surface area contributed by atoms with E-state index in [9.17, 15) is 14.0 Å². The second-order valence-electron chi connectivity index (χ2n) is 7.13. The van der Waals surface area contributed by atoms with E-state index in [4.69, 9.17) is 0 Å². The summed E-state index contributed by atoms with van der Waals surface area (Å²) in [5, 5.41) is 3.11. The van der Waals surface area contributed by atoms with Crippen LogP contribution in [0.25, 0.3) is 5.57 Å². The maximum absolute atomic E-state index is 13.8. The van der Waals surface area contributed by atoms with E-state index < -0.39 is 17.6 Å². The first-order valence-electron chi connectivity index (χ1n) is 9.34. The molecule has 1 heterocycles. The molecule has 3 aromatic carbocycles. The van der Waals surface area contributed by atoms with Crippen molar-refractivity contribution in [1.29, 1.82) is 0 Å². The fourth-order valence-corrected chi connectivity index (χ4v) is 3.95. The normalized spacial score (nSPS) is 13.9. The Morgan fingerprint density at radius 3 is 2.37 bits per heavy atom. The molecule has 30 heavy (non-hydrogen) atoms. The zero-order valence-electron chi connectivity index (χ0n) is 16.4. The molecular weight excluding hydrogens is 447 g/mol. The molecule has 4 nitrogen and oxygen atoms in total. The van der Waals surface area contributed by atoms with Gasteiger partial charge in [-0.1, -0.05) is 51.8 Å². The number of benzene rings is 3. The Labute approximate surface area is 182 Å². The number of carbonyl (C=O) groups excluding carboxylic acids is 2. The van der Waals surface area contributed by atoms with Gasteiger partial charge in [0.15, 0.2) is 0 Å². The summed E-state index contributed by atoms with van der Waals surface area (Å²) in [5.74, 6) is -1.54. The molecule has 1 N–H and O–H groups in total.